The van der Waals surface area contributed by atoms with Gasteiger partial charge in [-0.3, -0.25) is 9.69 Å². The Kier molecular flexibility index (Phi) is 8.17. The van der Waals surface area contributed by atoms with E-state index in [1.807, 2.05) is 48.5 Å². The molecule has 1 unspecified atom stereocenters. The molecular formula is C29H28N4O5. The van der Waals surface area contributed by atoms with Gasteiger partial charge in [0.15, 0.2) is 5.75 Å². The number of methoxy groups -OCH3 is 1. The van der Waals surface area contributed by atoms with Crippen molar-refractivity contribution in [2.75, 3.05) is 12.0 Å². The molecule has 0 spiro atoms. The number of hydrogen-bond acceptors (Lipinski definition) is 5. The van der Waals surface area contributed by atoms with Crippen LogP contribution in [-0.4, -0.2) is 40.0 Å². The van der Waals surface area contributed by atoms with E-state index < -0.39 is 18.0 Å². The molecule has 0 radical (unpaired) electrons. The number of aromatic nitrogens is 2. The summed E-state index contributed by atoms with van der Waals surface area (Å²) in [7, 11) is 3.02. The van der Waals surface area contributed by atoms with E-state index in [9.17, 15) is 19.5 Å². The monoisotopic (exact) mass is 512 g/mol. The van der Waals surface area contributed by atoms with E-state index in [0.717, 1.165) is 5.56 Å². The third kappa shape index (κ3) is 6.07. The molecule has 1 aromatic heterocycles. The number of ether oxygens (including phenoxy) is 1. The highest BCUT2D eigenvalue weighted by atomic mass is 16.5. The number of para-hydroxylation sites is 1. The quantitative estimate of drug-likeness (QED) is 0.352. The number of aryl methyl sites for hydroxylation is 1. The van der Waals surface area contributed by atoms with Gasteiger partial charge < -0.3 is 15.2 Å². The van der Waals surface area contributed by atoms with E-state index >= 15 is 0 Å². The van der Waals surface area contributed by atoms with Crippen LogP contribution in [0.1, 0.15) is 11.1 Å². The smallest absolute Gasteiger partial charge is 0.326 e. The van der Waals surface area contributed by atoms with Gasteiger partial charge in [-0.05, 0) is 28.8 Å². The van der Waals surface area contributed by atoms with E-state index in [1.54, 1.807) is 43.4 Å². The van der Waals surface area contributed by atoms with Crippen LogP contribution in [0.3, 0.4) is 0 Å². The average molecular weight is 513 g/mol. The summed E-state index contributed by atoms with van der Waals surface area (Å²) in [5.74, 6) is -0.809. The van der Waals surface area contributed by atoms with Gasteiger partial charge >= 0.3 is 12.0 Å². The first-order chi connectivity index (χ1) is 18.4. The first-order valence-corrected chi connectivity index (χ1v) is 12.0. The molecule has 0 aliphatic heterocycles. The van der Waals surface area contributed by atoms with E-state index in [-0.39, 0.29) is 18.5 Å². The standard InChI is InChI=1S/C29H28N4O5/c1-32-27(34)26(25(38-2)18-30-32)22-15-13-20(14-16-22)17-24(28(35)36)31-29(37)33(23-11-7-4-8-12-23)19-21-9-5-3-6-10-21/h3-16,18,24H,17,19H2,1-2H3,(H,31,37)(H,35,36). The lowest BCUT2D eigenvalue weighted by Crippen LogP contribution is -2.48. The summed E-state index contributed by atoms with van der Waals surface area (Å²) in [5, 5.41) is 16.5. The maximum Gasteiger partial charge on any atom is 0.326 e. The second kappa shape index (κ2) is 11.9. The van der Waals surface area contributed by atoms with Crippen LogP contribution in [-0.2, 0) is 24.8 Å². The maximum absolute atomic E-state index is 13.3. The fourth-order valence-electron chi connectivity index (χ4n) is 4.07. The van der Waals surface area contributed by atoms with Gasteiger partial charge in [0, 0.05) is 19.2 Å². The molecule has 9 heteroatoms. The second-order valence-corrected chi connectivity index (χ2v) is 8.67. The fraction of sp³-hybridized carbons (Fsp3) is 0.172. The lowest BCUT2D eigenvalue weighted by molar-refractivity contribution is -0.139. The Morgan fingerprint density at radius 2 is 1.61 bits per heavy atom. The lowest BCUT2D eigenvalue weighted by Gasteiger charge is -2.25. The van der Waals surface area contributed by atoms with Gasteiger partial charge in [0.05, 0.1) is 25.4 Å². The predicted octanol–water partition coefficient (Wildman–Crippen LogP) is 3.87. The molecule has 1 atom stereocenters. The normalized spacial score (nSPS) is 11.4. The fourth-order valence-corrected chi connectivity index (χ4v) is 4.07. The van der Waals surface area contributed by atoms with Crippen molar-refractivity contribution in [3.05, 3.63) is 113 Å². The van der Waals surface area contributed by atoms with Crippen molar-refractivity contribution < 1.29 is 19.4 Å². The maximum atomic E-state index is 13.3. The first kappa shape index (κ1) is 26.2. The second-order valence-electron chi connectivity index (χ2n) is 8.67. The summed E-state index contributed by atoms with van der Waals surface area (Å²) in [6, 6.07) is 23.8. The van der Waals surface area contributed by atoms with Crippen LogP contribution in [0.5, 0.6) is 5.75 Å². The number of nitrogens with one attached hydrogen (secondary N) is 1. The Labute approximate surface area is 219 Å². The Hall–Kier alpha value is -4.92. The number of aliphatic carboxylic acids is 1. The lowest BCUT2D eigenvalue weighted by atomic mass is 10.0. The Morgan fingerprint density at radius 1 is 0.974 bits per heavy atom. The third-order valence-electron chi connectivity index (χ3n) is 6.10. The zero-order valence-corrected chi connectivity index (χ0v) is 21.1. The molecule has 3 aromatic carbocycles. The highest BCUT2D eigenvalue weighted by Crippen LogP contribution is 2.26. The average Bonchev–Trinajstić information content (AvgIpc) is 2.94. The number of amides is 2. The molecule has 38 heavy (non-hydrogen) atoms. The number of hydrogen-bond donors (Lipinski definition) is 2. The molecular weight excluding hydrogens is 484 g/mol. The predicted molar refractivity (Wildman–Crippen MR) is 144 cm³/mol. The molecule has 194 valence electrons. The van der Waals surface area contributed by atoms with E-state index in [0.29, 0.717) is 28.1 Å². The minimum atomic E-state index is -1.17. The number of carbonyl (C=O) groups excluding carboxylic acids is 1. The molecule has 9 nitrogen and oxygen atoms in total. The number of carbonyl (C=O) groups is 2. The van der Waals surface area contributed by atoms with Gasteiger partial charge in [-0.25, -0.2) is 14.3 Å². The van der Waals surface area contributed by atoms with Crippen molar-refractivity contribution in [3.63, 3.8) is 0 Å². The van der Waals surface area contributed by atoms with Crippen LogP contribution in [0.15, 0.2) is 95.9 Å². The Morgan fingerprint density at radius 3 is 2.21 bits per heavy atom. The Balaban J connectivity index is 1.54. The van der Waals surface area contributed by atoms with Crippen molar-refractivity contribution in [2.45, 2.75) is 19.0 Å². The Bertz CT molecular complexity index is 1450. The number of nitrogens with zero attached hydrogens (tertiary/aromatic N) is 3. The number of urea groups is 1. The zero-order chi connectivity index (χ0) is 27.1. The molecule has 0 saturated carbocycles. The van der Waals surface area contributed by atoms with Crippen LogP contribution in [0.25, 0.3) is 11.1 Å². The highest BCUT2D eigenvalue weighted by molar-refractivity contribution is 5.94. The van der Waals surface area contributed by atoms with Crippen molar-refractivity contribution in [3.8, 4) is 16.9 Å². The van der Waals surface area contributed by atoms with Crippen molar-refractivity contribution in [2.24, 2.45) is 7.05 Å². The zero-order valence-electron chi connectivity index (χ0n) is 21.1. The van der Waals surface area contributed by atoms with E-state index in [2.05, 4.69) is 10.4 Å². The largest absolute Gasteiger partial charge is 0.494 e. The van der Waals surface area contributed by atoms with Gasteiger partial charge in [0.1, 0.15) is 6.04 Å². The van der Waals surface area contributed by atoms with Crippen LogP contribution in [0.4, 0.5) is 10.5 Å². The molecule has 0 fully saturated rings. The summed E-state index contributed by atoms with van der Waals surface area (Å²) in [5.41, 5.74) is 2.90. The minimum absolute atomic E-state index is 0.0564. The molecule has 0 saturated heterocycles. The van der Waals surface area contributed by atoms with Crippen LogP contribution >= 0.6 is 0 Å². The summed E-state index contributed by atoms with van der Waals surface area (Å²) in [6.45, 7) is 0.278. The van der Waals surface area contributed by atoms with Gasteiger partial charge in [-0.2, -0.15) is 5.10 Å². The molecule has 4 aromatic rings. The first-order valence-electron chi connectivity index (χ1n) is 12.0. The number of rotatable bonds is 9. The number of anilines is 1. The molecule has 2 N–H and O–H groups in total. The SMILES string of the molecule is COc1cnn(C)c(=O)c1-c1ccc(CC(NC(=O)N(Cc2ccccc2)c2ccccc2)C(=O)O)cc1. The summed E-state index contributed by atoms with van der Waals surface area (Å²) in [4.78, 5) is 39.6. The van der Waals surface area contributed by atoms with Crippen molar-refractivity contribution in [1.82, 2.24) is 15.1 Å². The molecule has 1 heterocycles. The summed E-state index contributed by atoms with van der Waals surface area (Å²) >= 11 is 0. The highest BCUT2D eigenvalue weighted by Gasteiger charge is 2.25. The van der Waals surface area contributed by atoms with Crippen LogP contribution in [0, 0.1) is 0 Å². The molecule has 0 aliphatic carbocycles. The van der Waals surface area contributed by atoms with Crippen LogP contribution < -0.4 is 20.5 Å². The van der Waals surface area contributed by atoms with Gasteiger partial charge in [-0.15, -0.1) is 0 Å². The van der Waals surface area contributed by atoms with Crippen molar-refractivity contribution in [1.29, 1.82) is 0 Å². The molecule has 4 rings (SSSR count). The van der Waals surface area contributed by atoms with Gasteiger partial charge in [0.2, 0.25) is 0 Å². The number of carboxylic acids is 1. The topological polar surface area (TPSA) is 114 Å². The minimum Gasteiger partial charge on any atom is -0.494 e. The summed E-state index contributed by atoms with van der Waals surface area (Å²) in [6.07, 6.45) is 1.52. The number of benzene rings is 3. The van der Waals surface area contributed by atoms with Gasteiger partial charge in [-0.1, -0.05) is 72.8 Å². The summed E-state index contributed by atoms with van der Waals surface area (Å²) < 4.78 is 6.52. The molecule has 0 aliphatic rings. The molecule has 0 bridgehead atoms. The number of carboxylic acid groups (broad SMARTS) is 1. The van der Waals surface area contributed by atoms with Crippen LogP contribution in [0.2, 0.25) is 0 Å². The van der Waals surface area contributed by atoms with E-state index in [4.69, 9.17) is 4.74 Å². The van der Waals surface area contributed by atoms with Gasteiger partial charge in [0.25, 0.3) is 5.56 Å². The molecule has 2 amide bonds. The van der Waals surface area contributed by atoms with E-state index in [1.165, 1.54) is 22.9 Å². The third-order valence-corrected chi connectivity index (χ3v) is 6.10. The van der Waals surface area contributed by atoms with Crippen molar-refractivity contribution >= 4 is 17.7 Å².